The molecule has 138 valence electrons. The number of furan rings is 1. The second kappa shape index (κ2) is 7.41. The minimum Gasteiger partial charge on any atom is -0.469 e. The molecule has 0 atom stereocenters. The Hall–Kier alpha value is -2.47. The van der Waals surface area contributed by atoms with Gasteiger partial charge in [0.1, 0.15) is 5.76 Å². The molecule has 0 aliphatic carbocycles. The quantitative estimate of drug-likeness (QED) is 0.861. The van der Waals surface area contributed by atoms with E-state index >= 15 is 0 Å². The lowest BCUT2D eigenvalue weighted by Gasteiger charge is -2.38. The van der Waals surface area contributed by atoms with Crippen molar-refractivity contribution >= 4 is 5.91 Å². The Morgan fingerprint density at radius 3 is 2.77 bits per heavy atom. The lowest BCUT2D eigenvalue weighted by molar-refractivity contribution is -0.121. The van der Waals surface area contributed by atoms with Gasteiger partial charge in [-0.05, 0) is 42.7 Å². The molecule has 0 saturated carbocycles. The third-order valence-corrected chi connectivity index (χ3v) is 5.24. The van der Waals surface area contributed by atoms with Crippen molar-refractivity contribution in [3.05, 3.63) is 47.9 Å². The van der Waals surface area contributed by atoms with Gasteiger partial charge in [-0.15, -0.1) is 0 Å². The highest BCUT2D eigenvalue weighted by Crippen LogP contribution is 2.40. The topological polar surface area (TPSA) is 69.9 Å². The number of hydrogen-bond acceptors (Lipinski definition) is 5. The Morgan fingerprint density at radius 1 is 1.12 bits per heavy atom. The molecule has 3 heterocycles. The zero-order valence-corrected chi connectivity index (χ0v) is 14.7. The molecule has 2 aliphatic heterocycles. The number of aryl methyl sites for hydroxylation is 1. The molecule has 0 radical (unpaired) electrons. The number of rotatable bonds is 6. The van der Waals surface area contributed by atoms with Crippen LogP contribution in [0.2, 0.25) is 0 Å². The van der Waals surface area contributed by atoms with Crippen LogP contribution in [0.1, 0.15) is 30.6 Å². The van der Waals surface area contributed by atoms with E-state index in [4.69, 9.17) is 18.6 Å². The summed E-state index contributed by atoms with van der Waals surface area (Å²) in [6, 6.07) is 9.80. The van der Waals surface area contributed by atoms with Gasteiger partial charge in [0.2, 0.25) is 12.7 Å². The zero-order valence-electron chi connectivity index (χ0n) is 14.7. The van der Waals surface area contributed by atoms with Gasteiger partial charge in [-0.25, -0.2) is 0 Å². The van der Waals surface area contributed by atoms with E-state index in [2.05, 4.69) is 11.4 Å². The van der Waals surface area contributed by atoms with Crippen molar-refractivity contribution in [1.29, 1.82) is 0 Å². The smallest absolute Gasteiger partial charge is 0.231 e. The molecular formula is C20H23NO5. The van der Waals surface area contributed by atoms with Gasteiger partial charge in [0.25, 0.3) is 0 Å². The van der Waals surface area contributed by atoms with Gasteiger partial charge in [-0.1, -0.05) is 6.07 Å². The molecule has 1 aromatic carbocycles. The first kappa shape index (κ1) is 17.0. The highest BCUT2D eigenvalue weighted by Gasteiger charge is 2.36. The molecule has 1 fully saturated rings. The number of carbonyl (C=O) groups excluding carboxylic acids is 1. The molecule has 0 spiro atoms. The van der Waals surface area contributed by atoms with E-state index in [0.29, 0.717) is 32.6 Å². The number of nitrogens with one attached hydrogen (secondary N) is 1. The summed E-state index contributed by atoms with van der Waals surface area (Å²) in [5.74, 6) is 2.42. The molecule has 0 bridgehead atoms. The second-order valence-electron chi connectivity index (χ2n) is 6.82. The maximum absolute atomic E-state index is 12.3. The number of hydrogen-bond donors (Lipinski definition) is 1. The Morgan fingerprint density at radius 2 is 1.96 bits per heavy atom. The summed E-state index contributed by atoms with van der Waals surface area (Å²) in [6.07, 6.45) is 4.39. The molecule has 2 aliphatic rings. The Bertz CT molecular complexity index is 750. The maximum atomic E-state index is 12.3. The van der Waals surface area contributed by atoms with Crippen LogP contribution in [-0.4, -0.2) is 32.5 Å². The Balaban J connectivity index is 1.43. The molecule has 1 N–H and O–H groups in total. The van der Waals surface area contributed by atoms with Crippen LogP contribution < -0.4 is 14.8 Å². The van der Waals surface area contributed by atoms with Gasteiger partial charge in [-0.3, -0.25) is 4.79 Å². The molecule has 26 heavy (non-hydrogen) atoms. The van der Waals surface area contributed by atoms with E-state index in [1.165, 1.54) is 0 Å². The minimum absolute atomic E-state index is 0.0352. The van der Waals surface area contributed by atoms with Crippen molar-refractivity contribution in [3.63, 3.8) is 0 Å². The molecule has 1 aromatic heterocycles. The van der Waals surface area contributed by atoms with Crippen LogP contribution in [0.4, 0.5) is 0 Å². The van der Waals surface area contributed by atoms with Crippen molar-refractivity contribution in [2.45, 2.75) is 31.1 Å². The van der Waals surface area contributed by atoms with E-state index < -0.39 is 0 Å². The molecule has 6 heteroatoms. The Labute approximate surface area is 152 Å². The van der Waals surface area contributed by atoms with Crippen molar-refractivity contribution in [2.24, 2.45) is 0 Å². The zero-order chi connectivity index (χ0) is 17.8. The molecule has 0 unspecified atom stereocenters. The molecular weight excluding hydrogens is 334 g/mol. The van der Waals surface area contributed by atoms with Gasteiger partial charge < -0.3 is 23.9 Å². The van der Waals surface area contributed by atoms with Crippen LogP contribution in [0, 0.1) is 0 Å². The summed E-state index contributed by atoms with van der Waals surface area (Å²) in [5.41, 5.74) is 1.02. The minimum atomic E-state index is -0.139. The molecule has 6 nitrogen and oxygen atoms in total. The van der Waals surface area contributed by atoms with Crippen molar-refractivity contribution in [2.75, 3.05) is 26.6 Å². The van der Waals surface area contributed by atoms with E-state index in [0.717, 1.165) is 35.7 Å². The van der Waals surface area contributed by atoms with Crippen LogP contribution in [0.3, 0.4) is 0 Å². The fourth-order valence-corrected chi connectivity index (χ4v) is 3.60. The fraction of sp³-hybridized carbons (Fsp3) is 0.450. The predicted octanol–water partition coefficient (Wildman–Crippen LogP) is 2.81. The van der Waals surface area contributed by atoms with E-state index in [-0.39, 0.29) is 18.1 Å². The van der Waals surface area contributed by atoms with Gasteiger partial charge in [0.15, 0.2) is 11.5 Å². The van der Waals surface area contributed by atoms with Crippen LogP contribution in [-0.2, 0) is 21.4 Å². The molecule has 1 amide bonds. The average Bonchev–Trinajstić information content (AvgIpc) is 3.36. The summed E-state index contributed by atoms with van der Waals surface area (Å²) >= 11 is 0. The first-order chi connectivity index (χ1) is 12.8. The summed E-state index contributed by atoms with van der Waals surface area (Å²) in [5, 5.41) is 3.11. The number of carbonyl (C=O) groups is 1. The van der Waals surface area contributed by atoms with E-state index in [1.807, 2.05) is 24.3 Å². The lowest BCUT2D eigenvalue weighted by atomic mass is 9.74. The molecule has 2 aromatic rings. The third kappa shape index (κ3) is 3.55. The lowest BCUT2D eigenvalue weighted by Crippen LogP contribution is -2.44. The highest BCUT2D eigenvalue weighted by molar-refractivity contribution is 5.76. The number of fused-ring (bicyclic) bond motifs is 1. The van der Waals surface area contributed by atoms with Crippen LogP contribution in [0.5, 0.6) is 11.5 Å². The van der Waals surface area contributed by atoms with Gasteiger partial charge in [-0.2, -0.15) is 0 Å². The van der Waals surface area contributed by atoms with Crippen molar-refractivity contribution in [3.8, 4) is 11.5 Å². The Kier molecular flexibility index (Phi) is 4.84. The highest BCUT2D eigenvalue weighted by atomic mass is 16.7. The van der Waals surface area contributed by atoms with Crippen molar-refractivity contribution < 1.29 is 23.4 Å². The van der Waals surface area contributed by atoms with Gasteiger partial charge in [0.05, 0.1) is 6.26 Å². The molecule has 1 saturated heterocycles. The van der Waals surface area contributed by atoms with Gasteiger partial charge in [0, 0.05) is 38.0 Å². The first-order valence-electron chi connectivity index (χ1n) is 9.02. The summed E-state index contributed by atoms with van der Waals surface area (Å²) in [6.45, 7) is 2.23. The normalized spacial score (nSPS) is 17.8. The van der Waals surface area contributed by atoms with Crippen LogP contribution >= 0.6 is 0 Å². The second-order valence-corrected chi connectivity index (χ2v) is 6.82. The standard InChI is InChI=1S/C20H23NO5/c22-19(6-4-16-2-1-9-24-16)21-13-20(7-10-23-11-8-20)15-3-5-17-18(12-15)26-14-25-17/h1-3,5,9,12H,4,6-8,10-11,13-14H2,(H,21,22). The summed E-state index contributed by atoms with van der Waals surface area (Å²) in [4.78, 5) is 12.3. The maximum Gasteiger partial charge on any atom is 0.231 e. The van der Waals surface area contributed by atoms with Crippen LogP contribution in [0.25, 0.3) is 0 Å². The SMILES string of the molecule is O=C(CCc1ccco1)NCC1(c2ccc3c(c2)OCO3)CCOCC1. The van der Waals surface area contributed by atoms with E-state index in [1.54, 1.807) is 6.26 Å². The molecule has 4 rings (SSSR count). The average molecular weight is 357 g/mol. The monoisotopic (exact) mass is 357 g/mol. The fourth-order valence-electron chi connectivity index (χ4n) is 3.60. The number of ether oxygens (including phenoxy) is 3. The third-order valence-electron chi connectivity index (χ3n) is 5.24. The number of amides is 1. The van der Waals surface area contributed by atoms with Gasteiger partial charge >= 0.3 is 0 Å². The predicted molar refractivity (Wildman–Crippen MR) is 94.3 cm³/mol. The van der Waals surface area contributed by atoms with E-state index in [9.17, 15) is 4.79 Å². The summed E-state index contributed by atoms with van der Waals surface area (Å²) in [7, 11) is 0. The first-order valence-corrected chi connectivity index (χ1v) is 9.02. The number of benzene rings is 1. The van der Waals surface area contributed by atoms with Crippen LogP contribution in [0.15, 0.2) is 41.0 Å². The van der Waals surface area contributed by atoms with Crippen molar-refractivity contribution in [1.82, 2.24) is 5.32 Å². The summed E-state index contributed by atoms with van der Waals surface area (Å²) < 4.78 is 21.8. The largest absolute Gasteiger partial charge is 0.469 e.